The molecule has 1 unspecified atom stereocenters. The Morgan fingerprint density at radius 1 is 1.21 bits per heavy atom. The van der Waals surface area contributed by atoms with Crippen molar-refractivity contribution < 1.29 is 4.74 Å². The topological polar surface area (TPSA) is 35.2 Å². The Balaban J connectivity index is 2.26. The molecule has 0 aliphatic rings. The maximum atomic E-state index is 6.34. The molecule has 1 atom stereocenters. The van der Waals surface area contributed by atoms with Gasteiger partial charge in [0.1, 0.15) is 5.75 Å². The second-order valence-electron chi connectivity index (χ2n) is 4.65. The van der Waals surface area contributed by atoms with Crippen LogP contribution in [0.4, 0.5) is 0 Å². The smallest absolute Gasteiger partial charge is 0.122 e. The molecule has 2 N–H and O–H groups in total. The van der Waals surface area contributed by atoms with E-state index in [1.54, 1.807) is 7.11 Å². The summed E-state index contributed by atoms with van der Waals surface area (Å²) in [5.41, 5.74) is 9.92. The van der Waals surface area contributed by atoms with E-state index in [1.165, 1.54) is 14.7 Å². The molecule has 3 heteroatoms. The number of rotatable bonds is 4. The van der Waals surface area contributed by atoms with Crippen LogP contribution in [0, 0.1) is 10.5 Å². The van der Waals surface area contributed by atoms with Gasteiger partial charge in [0.15, 0.2) is 0 Å². The number of hydrogen-bond acceptors (Lipinski definition) is 2. The normalized spacial score (nSPS) is 12.2. The van der Waals surface area contributed by atoms with Gasteiger partial charge >= 0.3 is 0 Å². The van der Waals surface area contributed by atoms with E-state index in [4.69, 9.17) is 10.5 Å². The Hall–Kier alpha value is -1.07. The summed E-state index contributed by atoms with van der Waals surface area (Å²) in [5, 5.41) is 0. The molecule has 19 heavy (non-hydrogen) atoms. The predicted octanol–water partition coefficient (Wildman–Crippen LogP) is 3.85. The van der Waals surface area contributed by atoms with Gasteiger partial charge in [-0.05, 0) is 59.2 Å². The highest BCUT2D eigenvalue weighted by atomic mass is 127. The summed E-state index contributed by atoms with van der Waals surface area (Å²) in [4.78, 5) is 0. The Morgan fingerprint density at radius 3 is 2.63 bits per heavy atom. The van der Waals surface area contributed by atoms with Gasteiger partial charge in [0.25, 0.3) is 0 Å². The molecular weight excluding hydrogens is 349 g/mol. The van der Waals surface area contributed by atoms with Crippen LogP contribution in [0.5, 0.6) is 5.75 Å². The van der Waals surface area contributed by atoms with Gasteiger partial charge in [0.2, 0.25) is 0 Å². The Labute approximate surface area is 128 Å². The molecule has 0 fully saturated rings. The third-order valence-electron chi connectivity index (χ3n) is 3.18. The second-order valence-corrected chi connectivity index (χ2v) is 5.81. The molecule has 100 valence electrons. The lowest BCUT2D eigenvalue weighted by Crippen LogP contribution is -2.15. The van der Waals surface area contributed by atoms with Crippen molar-refractivity contribution in [1.29, 1.82) is 0 Å². The molecule has 0 amide bonds. The van der Waals surface area contributed by atoms with Crippen molar-refractivity contribution in [3.63, 3.8) is 0 Å². The van der Waals surface area contributed by atoms with E-state index >= 15 is 0 Å². The number of benzene rings is 2. The van der Waals surface area contributed by atoms with Crippen molar-refractivity contribution >= 4 is 22.6 Å². The molecule has 0 saturated heterocycles. The standard InChI is InChI=1S/C16H18INO/c1-11-7-8-16(19-2)12(9-11)10-15(18)13-5-3-4-6-14(13)17/h3-9,15H,10,18H2,1-2H3. The van der Waals surface area contributed by atoms with Crippen LogP contribution in [0.25, 0.3) is 0 Å². The number of methoxy groups -OCH3 is 1. The SMILES string of the molecule is COc1ccc(C)cc1CC(N)c1ccccc1I. The fourth-order valence-electron chi connectivity index (χ4n) is 2.19. The summed E-state index contributed by atoms with van der Waals surface area (Å²) >= 11 is 2.33. The number of nitrogens with two attached hydrogens (primary N) is 1. The number of halogens is 1. The molecule has 0 bridgehead atoms. The minimum absolute atomic E-state index is 0.0104. The van der Waals surface area contributed by atoms with Crippen molar-refractivity contribution in [2.75, 3.05) is 7.11 Å². The first-order valence-corrected chi connectivity index (χ1v) is 7.33. The van der Waals surface area contributed by atoms with Gasteiger partial charge in [-0.1, -0.05) is 35.9 Å². The van der Waals surface area contributed by atoms with Gasteiger partial charge in [-0.3, -0.25) is 0 Å². The lowest BCUT2D eigenvalue weighted by atomic mass is 9.98. The van der Waals surface area contributed by atoms with Gasteiger partial charge < -0.3 is 10.5 Å². The van der Waals surface area contributed by atoms with Crippen LogP contribution in [0.3, 0.4) is 0 Å². The third-order valence-corrected chi connectivity index (χ3v) is 4.16. The van der Waals surface area contributed by atoms with Crippen LogP contribution in [0.1, 0.15) is 22.7 Å². The average molecular weight is 367 g/mol. The monoisotopic (exact) mass is 367 g/mol. The first-order chi connectivity index (χ1) is 9.11. The van der Waals surface area contributed by atoms with Gasteiger partial charge in [-0.25, -0.2) is 0 Å². The zero-order valence-electron chi connectivity index (χ0n) is 11.2. The molecular formula is C16H18INO. The summed E-state index contributed by atoms with van der Waals surface area (Å²) in [6.45, 7) is 2.08. The van der Waals surface area contributed by atoms with Crippen LogP contribution >= 0.6 is 22.6 Å². The van der Waals surface area contributed by atoms with E-state index in [-0.39, 0.29) is 6.04 Å². The molecule has 2 aromatic rings. The number of ether oxygens (including phenoxy) is 1. The Bertz CT molecular complexity index is 568. The van der Waals surface area contributed by atoms with Gasteiger partial charge in [0.05, 0.1) is 7.11 Å². The second kappa shape index (κ2) is 6.39. The molecule has 0 aliphatic carbocycles. The first-order valence-electron chi connectivity index (χ1n) is 6.25. The van der Waals surface area contributed by atoms with Crippen molar-refractivity contribution in [3.8, 4) is 5.75 Å². The Kier molecular flexibility index (Phi) is 4.82. The molecule has 0 radical (unpaired) electrons. The predicted molar refractivity (Wildman–Crippen MR) is 87.5 cm³/mol. The summed E-state index contributed by atoms with van der Waals surface area (Å²) in [7, 11) is 1.70. The van der Waals surface area contributed by atoms with Crippen LogP contribution < -0.4 is 10.5 Å². The molecule has 2 nitrogen and oxygen atoms in total. The highest BCUT2D eigenvalue weighted by molar-refractivity contribution is 14.1. The molecule has 0 heterocycles. The van der Waals surface area contributed by atoms with Crippen LogP contribution in [-0.4, -0.2) is 7.11 Å². The third kappa shape index (κ3) is 3.48. The van der Waals surface area contributed by atoms with Crippen LogP contribution in [-0.2, 0) is 6.42 Å². The van der Waals surface area contributed by atoms with E-state index in [0.717, 1.165) is 17.7 Å². The van der Waals surface area contributed by atoms with E-state index in [1.807, 2.05) is 18.2 Å². The fourth-order valence-corrected chi connectivity index (χ4v) is 2.98. The van der Waals surface area contributed by atoms with Crippen LogP contribution in [0.2, 0.25) is 0 Å². The lowest BCUT2D eigenvalue weighted by molar-refractivity contribution is 0.408. The maximum absolute atomic E-state index is 6.34. The lowest BCUT2D eigenvalue weighted by Gasteiger charge is -2.16. The van der Waals surface area contributed by atoms with Gasteiger partial charge in [-0.15, -0.1) is 0 Å². The number of hydrogen-bond donors (Lipinski definition) is 1. The van der Waals surface area contributed by atoms with Crippen molar-refractivity contribution in [2.24, 2.45) is 5.73 Å². The van der Waals surface area contributed by atoms with Crippen molar-refractivity contribution in [3.05, 3.63) is 62.7 Å². The minimum Gasteiger partial charge on any atom is -0.496 e. The molecule has 0 saturated carbocycles. The first kappa shape index (κ1) is 14.3. The average Bonchev–Trinajstić information content (AvgIpc) is 2.39. The van der Waals surface area contributed by atoms with Crippen molar-refractivity contribution in [2.45, 2.75) is 19.4 Å². The van der Waals surface area contributed by atoms with Crippen LogP contribution in [0.15, 0.2) is 42.5 Å². The summed E-state index contributed by atoms with van der Waals surface area (Å²) in [6.07, 6.45) is 0.783. The summed E-state index contributed by atoms with van der Waals surface area (Å²) in [6, 6.07) is 14.4. The number of aryl methyl sites for hydroxylation is 1. The molecule has 0 aliphatic heterocycles. The summed E-state index contributed by atoms with van der Waals surface area (Å²) in [5.74, 6) is 0.909. The zero-order chi connectivity index (χ0) is 13.8. The molecule has 0 spiro atoms. The fraction of sp³-hybridized carbons (Fsp3) is 0.250. The zero-order valence-corrected chi connectivity index (χ0v) is 13.3. The van der Waals surface area contributed by atoms with E-state index in [9.17, 15) is 0 Å². The minimum atomic E-state index is -0.0104. The highest BCUT2D eigenvalue weighted by Gasteiger charge is 2.13. The molecule has 0 aromatic heterocycles. The van der Waals surface area contributed by atoms with Gasteiger partial charge in [-0.2, -0.15) is 0 Å². The van der Waals surface area contributed by atoms with E-state index in [2.05, 4.69) is 53.8 Å². The maximum Gasteiger partial charge on any atom is 0.122 e. The van der Waals surface area contributed by atoms with E-state index < -0.39 is 0 Å². The molecule has 2 rings (SSSR count). The quantitative estimate of drug-likeness (QED) is 0.834. The van der Waals surface area contributed by atoms with Gasteiger partial charge in [0, 0.05) is 9.61 Å². The Morgan fingerprint density at radius 2 is 1.95 bits per heavy atom. The largest absolute Gasteiger partial charge is 0.496 e. The summed E-state index contributed by atoms with van der Waals surface area (Å²) < 4.78 is 6.62. The van der Waals surface area contributed by atoms with Crippen molar-refractivity contribution in [1.82, 2.24) is 0 Å². The highest BCUT2D eigenvalue weighted by Crippen LogP contribution is 2.26. The van der Waals surface area contributed by atoms with E-state index in [0.29, 0.717) is 0 Å². The molecule has 2 aromatic carbocycles.